The first kappa shape index (κ1) is 16.0. The molecule has 1 fully saturated rings. The van der Waals surface area contributed by atoms with Gasteiger partial charge < -0.3 is 10.2 Å². The summed E-state index contributed by atoms with van der Waals surface area (Å²) in [6, 6.07) is 2.08. The number of nitrogens with zero attached hydrogens (tertiary/aromatic N) is 4. The van der Waals surface area contributed by atoms with Crippen molar-refractivity contribution in [2.24, 2.45) is 5.92 Å². The van der Waals surface area contributed by atoms with E-state index < -0.39 is 0 Å². The van der Waals surface area contributed by atoms with E-state index in [9.17, 15) is 0 Å². The smallest absolute Gasteiger partial charge is 0.134 e. The second-order valence-corrected chi connectivity index (χ2v) is 6.27. The minimum Gasteiger partial charge on any atom is -0.370 e. The van der Waals surface area contributed by atoms with E-state index in [4.69, 9.17) is 0 Å². The van der Waals surface area contributed by atoms with Crippen LogP contribution in [0.3, 0.4) is 0 Å². The molecule has 0 aliphatic carbocycles. The lowest BCUT2D eigenvalue weighted by Gasteiger charge is -2.36. The van der Waals surface area contributed by atoms with Crippen molar-refractivity contribution in [1.82, 2.24) is 14.9 Å². The summed E-state index contributed by atoms with van der Waals surface area (Å²) in [5.41, 5.74) is 0. The molecule has 0 atom stereocenters. The predicted octanol–water partition coefficient (Wildman–Crippen LogP) is 2.38. The Bertz CT molecular complexity index is 438. The van der Waals surface area contributed by atoms with Crippen LogP contribution in [0.2, 0.25) is 0 Å². The Kier molecular flexibility index (Phi) is 5.79. The Morgan fingerprint density at radius 3 is 2.52 bits per heavy atom. The van der Waals surface area contributed by atoms with Crippen LogP contribution in [0.15, 0.2) is 6.07 Å². The average molecular weight is 291 g/mol. The molecule has 1 aliphatic heterocycles. The molecule has 1 N–H and O–H groups in total. The zero-order valence-corrected chi connectivity index (χ0v) is 13.9. The fraction of sp³-hybridized carbons (Fsp3) is 0.750. The van der Waals surface area contributed by atoms with E-state index >= 15 is 0 Å². The average Bonchev–Trinajstić information content (AvgIpc) is 2.44. The number of nitrogens with one attached hydrogen (secondary N) is 1. The molecule has 0 saturated carbocycles. The normalized spacial score (nSPS) is 16.5. The molecule has 21 heavy (non-hydrogen) atoms. The molecule has 1 saturated heterocycles. The van der Waals surface area contributed by atoms with E-state index in [1.165, 1.54) is 6.54 Å². The number of anilines is 2. The summed E-state index contributed by atoms with van der Waals surface area (Å²) in [6.07, 6.45) is 1.10. The molecular weight excluding hydrogens is 262 g/mol. The topological polar surface area (TPSA) is 44.3 Å². The van der Waals surface area contributed by atoms with Gasteiger partial charge in [0.05, 0.1) is 0 Å². The summed E-state index contributed by atoms with van der Waals surface area (Å²) < 4.78 is 0. The van der Waals surface area contributed by atoms with Gasteiger partial charge in [-0.2, -0.15) is 0 Å². The number of hydrogen-bond acceptors (Lipinski definition) is 5. The van der Waals surface area contributed by atoms with Gasteiger partial charge in [0.2, 0.25) is 0 Å². The third-order valence-corrected chi connectivity index (χ3v) is 3.70. The van der Waals surface area contributed by atoms with Crippen LogP contribution in [0.5, 0.6) is 0 Å². The van der Waals surface area contributed by atoms with Crippen LogP contribution in [-0.4, -0.2) is 54.1 Å². The fourth-order valence-electron chi connectivity index (χ4n) is 2.73. The molecule has 2 heterocycles. The standard InChI is InChI=1S/C16H29N5/c1-5-6-17-15-11-16(19-14(4)18-15)21-9-7-20(8-10-21)12-13(2)3/h11,13H,5-10,12H2,1-4H3,(H,17,18,19). The van der Waals surface area contributed by atoms with Gasteiger partial charge in [-0.25, -0.2) is 9.97 Å². The summed E-state index contributed by atoms with van der Waals surface area (Å²) >= 11 is 0. The van der Waals surface area contributed by atoms with Crippen LogP contribution in [0, 0.1) is 12.8 Å². The van der Waals surface area contributed by atoms with Crippen LogP contribution < -0.4 is 10.2 Å². The number of aryl methyl sites for hydroxylation is 1. The predicted molar refractivity (Wildman–Crippen MR) is 89.0 cm³/mol. The molecule has 0 unspecified atom stereocenters. The van der Waals surface area contributed by atoms with Crippen molar-refractivity contribution in [2.75, 3.05) is 49.5 Å². The Labute approximate surface area is 128 Å². The summed E-state index contributed by atoms with van der Waals surface area (Å²) in [5.74, 6) is 3.59. The largest absolute Gasteiger partial charge is 0.370 e. The molecule has 0 radical (unpaired) electrons. The van der Waals surface area contributed by atoms with Gasteiger partial charge in [0.1, 0.15) is 17.5 Å². The van der Waals surface area contributed by atoms with Crippen molar-refractivity contribution in [1.29, 1.82) is 0 Å². The van der Waals surface area contributed by atoms with E-state index in [-0.39, 0.29) is 0 Å². The van der Waals surface area contributed by atoms with Gasteiger partial charge in [0, 0.05) is 45.3 Å². The quantitative estimate of drug-likeness (QED) is 0.872. The minimum atomic E-state index is 0.739. The lowest BCUT2D eigenvalue weighted by Crippen LogP contribution is -2.47. The lowest BCUT2D eigenvalue weighted by atomic mass is 10.2. The van der Waals surface area contributed by atoms with Crippen LogP contribution >= 0.6 is 0 Å². The zero-order chi connectivity index (χ0) is 15.2. The number of rotatable bonds is 6. The van der Waals surface area contributed by atoms with Crippen molar-refractivity contribution in [3.63, 3.8) is 0 Å². The van der Waals surface area contributed by atoms with Gasteiger partial charge in [-0.3, -0.25) is 4.90 Å². The summed E-state index contributed by atoms with van der Waals surface area (Å²) in [6.45, 7) is 15.2. The number of hydrogen-bond donors (Lipinski definition) is 1. The molecule has 0 bridgehead atoms. The van der Waals surface area contributed by atoms with Gasteiger partial charge in [0.15, 0.2) is 0 Å². The highest BCUT2D eigenvalue weighted by atomic mass is 15.3. The van der Waals surface area contributed by atoms with Crippen molar-refractivity contribution in [2.45, 2.75) is 34.1 Å². The lowest BCUT2D eigenvalue weighted by molar-refractivity contribution is 0.231. The van der Waals surface area contributed by atoms with E-state index in [0.29, 0.717) is 0 Å². The maximum atomic E-state index is 4.61. The first-order chi connectivity index (χ1) is 10.1. The van der Waals surface area contributed by atoms with E-state index in [1.807, 2.05) is 6.92 Å². The first-order valence-electron chi connectivity index (χ1n) is 8.15. The van der Waals surface area contributed by atoms with Gasteiger partial charge in [-0.1, -0.05) is 20.8 Å². The molecule has 2 rings (SSSR count). The van der Waals surface area contributed by atoms with E-state index in [1.54, 1.807) is 0 Å². The third-order valence-electron chi connectivity index (χ3n) is 3.70. The van der Waals surface area contributed by atoms with Crippen LogP contribution in [0.25, 0.3) is 0 Å². The van der Waals surface area contributed by atoms with Crippen molar-refractivity contribution >= 4 is 11.6 Å². The Morgan fingerprint density at radius 1 is 1.19 bits per heavy atom. The SMILES string of the molecule is CCCNc1cc(N2CCN(CC(C)C)CC2)nc(C)n1. The van der Waals surface area contributed by atoms with Crippen molar-refractivity contribution in [3.8, 4) is 0 Å². The highest BCUT2D eigenvalue weighted by molar-refractivity contribution is 5.49. The van der Waals surface area contributed by atoms with Gasteiger partial charge in [-0.05, 0) is 19.3 Å². The summed E-state index contributed by atoms with van der Waals surface area (Å²) in [4.78, 5) is 14.0. The monoisotopic (exact) mass is 291 g/mol. The van der Waals surface area contributed by atoms with Crippen molar-refractivity contribution in [3.05, 3.63) is 11.9 Å². The van der Waals surface area contributed by atoms with Crippen LogP contribution in [0.4, 0.5) is 11.6 Å². The van der Waals surface area contributed by atoms with Crippen LogP contribution in [-0.2, 0) is 0 Å². The molecule has 1 aliphatic rings. The molecule has 5 heteroatoms. The second kappa shape index (κ2) is 7.59. The summed E-state index contributed by atoms with van der Waals surface area (Å²) in [7, 11) is 0. The third kappa shape index (κ3) is 4.84. The molecule has 1 aromatic rings. The fourth-order valence-corrected chi connectivity index (χ4v) is 2.73. The van der Waals surface area contributed by atoms with Gasteiger partial charge in [-0.15, -0.1) is 0 Å². The van der Waals surface area contributed by atoms with Crippen molar-refractivity contribution < 1.29 is 0 Å². The number of piperazine rings is 1. The molecule has 0 aromatic carbocycles. The maximum absolute atomic E-state index is 4.61. The molecular formula is C16H29N5. The molecule has 5 nitrogen and oxygen atoms in total. The van der Waals surface area contributed by atoms with E-state index in [2.05, 4.69) is 51.9 Å². The highest BCUT2D eigenvalue weighted by Gasteiger charge is 2.19. The highest BCUT2D eigenvalue weighted by Crippen LogP contribution is 2.18. The molecule has 1 aromatic heterocycles. The number of aromatic nitrogens is 2. The van der Waals surface area contributed by atoms with Crippen LogP contribution in [0.1, 0.15) is 33.0 Å². The minimum absolute atomic E-state index is 0.739. The molecule has 0 amide bonds. The van der Waals surface area contributed by atoms with Gasteiger partial charge in [0.25, 0.3) is 0 Å². The Hall–Kier alpha value is -1.36. The zero-order valence-electron chi connectivity index (χ0n) is 13.9. The Morgan fingerprint density at radius 2 is 1.90 bits per heavy atom. The molecule has 0 spiro atoms. The maximum Gasteiger partial charge on any atom is 0.134 e. The second-order valence-electron chi connectivity index (χ2n) is 6.27. The summed E-state index contributed by atoms with van der Waals surface area (Å²) in [5, 5.41) is 3.36. The van der Waals surface area contributed by atoms with E-state index in [0.717, 1.165) is 62.5 Å². The van der Waals surface area contributed by atoms with Gasteiger partial charge >= 0.3 is 0 Å². The Balaban J connectivity index is 1.97. The first-order valence-corrected chi connectivity index (χ1v) is 8.15. The molecule has 118 valence electrons.